The van der Waals surface area contributed by atoms with Crippen molar-refractivity contribution in [2.24, 2.45) is 0 Å². The molecule has 1 aromatic rings. The summed E-state index contributed by atoms with van der Waals surface area (Å²) in [4.78, 5) is 4.73. The van der Waals surface area contributed by atoms with Gasteiger partial charge in [0.05, 0.1) is 0 Å². The molecule has 4 heteroatoms. The van der Waals surface area contributed by atoms with Gasteiger partial charge in [-0.3, -0.25) is 0 Å². The van der Waals surface area contributed by atoms with E-state index < -0.39 is 0 Å². The molecule has 0 unspecified atom stereocenters. The Labute approximate surface area is 81.3 Å². The summed E-state index contributed by atoms with van der Waals surface area (Å²) in [5, 5.41) is 0.507. The Kier molecular flexibility index (Phi) is 2.15. The highest BCUT2D eigenvalue weighted by molar-refractivity contribution is 7.80. The van der Waals surface area contributed by atoms with Crippen LogP contribution in [0.25, 0.3) is 0 Å². The van der Waals surface area contributed by atoms with E-state index in [9.17, 15) is 0 Å². The average molecular weight is 202 g/mol. The number of halogens is 1. The van der Waals surface area contributed by atoms with Crippen molar-refractivity contribution in [3.8, 4) is 5.88 Å². The highest BCUT2D eigenvalue weighted by atomic mass is 35.5. The number of hydrogen-bond donors (Lipinski definition) is 1. The second-order valence-electron chi connectivity index (χ2n) is 2.77. The summed E-state index contributed by atoms with van der Waals surface area (Å²) in [7, 11) is 0. The van der Waals surface area contributed by atoms with E-state index in [-0.39, 0.29) is 0 Å². The Balaban J connectivity index is 2.23. The van der Waals surface area contributed by atoms with Gasteiger partial charge in [-0.1, -0.05) is 11.6 Å². The molecule has 1 fully saturated rings. The molecule has 0 saturated heterocycles. The van der Waals surface area contributed by atoms with Gasteiger partial charge in [-0.05, 0) is 18.9 Å². The van der Waals surface area contributed by atoms with Crippen molar-refractivity contribution in [3.63, 3.8) is 0 Å². The zero-order valence-corrected chi connectivity index (χ0v) is 7.98. The smallest absolute Gasteiger partial charge is 0.233 e. The van der Waals surface area contributed by atoms with Crippen LogP contribution < -0.4 is 4.74 Å². The molecule has 0 radical (unpaired) electrons. The minimum absolute atomic E-state index is 0.324. The van der Waals surface area contributed by atoms with Gasteiger partial charge >= 0.3 is 0 Å². The van der Waals surface area contributed by atoms with Gasteiger partial charge in [0.1, 0.15) is 11.1 Å². The standard InChI is InChI=1S/C8H8ClNOS/c9-7-6(12)3-4-10-8(7)11-5-1-2-5/h3-5H,1-2H2,(H,10,12). The van der Waals surface area contributed by atoms with Crippen LogP contribution >= 0.6 is 24.2 Å². The Hall–Kier alpha value is -0.410. The molecule has 0 spiro atoms. The van der Waals surface area contributed by atoms with Gasteiger partial charge in [0.15, 0.2) is 0 Å². The molecule has 1 aromatic heterocycles. The van der Waals surface area contributed by atoms with Crippen LogP contribution in [0, 0.1) is 0 Å². The maximum Gasteiger partial charge on any atom is 0.233 e. The molecule has 0 N–H and O–H groups in total. The lowest BCUT2D eigenvalue weighted by molar-refractivity contribution is 0.290. The van der Waals surface area contributed by atoms with E-state index in [0.717, 1.165) is 12.8 Å². The normalized spacial score (nSPS) is 16.2. The number of rotatable bonds is 2. The van der Waals surface area contributed by atoms with Gasteiger partial charge < -0.3 is 4.74 Å². The fraction of sp³-hybridized carbons (Fsp3) is 0.375. The quantitative estimate of drug-likeness (QED) is 0.743. The van der Waals surface area contributed by atoms with Crippen molar-refractivity contribution in [1.82, 2.24) is 4.98 Å². The summed E-state index contributed by atoms with van der Waals surface area (Å²) in [6.45, 7) is 0. The molecule has 0 bridgehead atoms. The Morgan fingerprint density at radius 3 is 3.00 bits per heavy atom. The third-order valence-electron chi connectivity index (χ3n) is 1.64. The number of aromatic nitrogens is 1. The molecule has 2 nitrogen and oxygen atoms in total. The molecular weight excluding hydrogens is 194 g/mol. The minimum Gasteiger partial charge on any atom is -0.473 e. The molecule has 12 heavy (non-hydrogen) atoms. The van der Waals surface area contributed by atoms with E-state index in [1.165, 1.54) is 0 Å². The van der Waals surface area contributed by atoms with E-state index in [1.54, 1.807) is 12.3 Å². The third kappa shape index (κ3) is 1.67. The summed E-state index contributed by atoms with van der Waals surface area (Å²) >= 11 is 10.1. The maximum absolute atomic E-state index is 5.90. The first-order valence-electron chi connectivity index (χ1n) is 3.77. The first-order chi connectivity index (χ1) is 5.77. The van der Waals surface area contributed by atoms with E-state index >= 15 is 0 Å². The molecule has 0 amide bonds. The van der Waals surface area contributed by atoms with Crippen LogP contribution in [0.2, 0.25) is 5.02 Å². The van der Waals surface area contributed by atoms with Crippen LogP contribution in [-0.2, 0) is 0 Å². The van der Waals surface area contributed by atoms with E-state index in [1.807, 2.05) is 0 Å². The van der Waals surface area contributed by atoms with E-state index in [4.69, 9.17) is 16.3 Å². The summed E-state index contributed by atoms with van der Waals surface area (Å²) in [6.07, 6.45) is 4.18. The Morgan fingerprint density at radius 1 is 1.58 bits per heavy atom. The van der Waals surface area contributed by atoms with Crippen LogP contribution in [0.3, 0.4) is 0 Å². The fourth-order valence-electron chi connectivity index (χ4n) is 0.841. The third-order valence-corrected chi connectivity index (χ3v) is 2.51. The minimum atomic E-state index is 0.324. The Bertz CT molecular complexity index is 301. The van der Waals surface area contributed by atoms with Gasteiger partial charge in [-0.2, -0.15) is 0 Å². The zero-order chi connectivity index (χ0) is 8.55. The lowest BCUT2D eigenvalue weighted by Crippen LogP contribution is -1.98. The van der Waals surface area contributed by atoms with Crippen molar-refractivity contribution in [3.05, 3.63) is 17.3 Å². The molecule has 1 aliphatic rings. The summed E-state index contributed by atoms with van der Waals surface area (Å²) in [5.41, 5.74) is 0. The first kappa shape index (κ1) is 8.20. The summed E-state index contributed by atoms with van der Waals surface area (Å²) in [6, 6.07) is 1.74. The van der Waals surface area contributed by atoms with Crippen LogP contribution in [0.5, 0.6) is 5.88 Å². The lowest BCUT2D eigenvalue weighted by atomic mass is 10.5. The van der Waals surface area contributed by atoms with E-state index in [0.29, 0.717) is 21.9 Å². The van der Waals surface area contributed by atoms with Crippen molar-refractivity contribution in [2.75, 3.05) is 0 Å². The summed E-state index contributed by atoms with van der Waals surface area (Å²) in [5.74, 6) is 0.506. The molecule has 1 saturated carbocycles. The number of nitrogens with zero attached hydrogens (tertiary/aromatic N) is 1. The molecule has 2 rings (SSSR count). The monoisotopic (exact) mass is 201 g/mol. The van der Waals surface area contributed by atoms with Crippen molar-refractivity contribution < 1.29 is 4.74 Å². The van der Waals surface area contributed by atoms with Crippen molar-refractivity contribution in [2.45, 2.75) is 23.8 Å². The SMILES string of the molecule is Sc1ccnc(OC2CC2)c1Cl. The molecular formula is C8H8ClNOS. The van der Waals surface area contributed by atoms with E-state index in [2.05, 4.69) is 17.6 Å². The molecule has 1 heterocycles. The predicted molar refractivity (Wildman–Crippen MR) is 50.1 cm³/mol. The highest BCUT2D eigenvalue weighted by Gasteiger charge is 2.25. The second kappa shape index (κ2) is 3.15. The topological polar surface area (TPSA) is 22.1 Å². The number of pyridine rings is 1. The number of hydrogen-bond acceptors (Lipinski definition) is 3. The molecule has 0 atom stereocenters. The summed E-state index contributed by atoms with van der Waals surface area (Å²) < 4.78 is 5.44. The highest BCUT2D eigenvalue weighted by Crippen LogP contribution is 2.32. The molecule has 0 aliphatic heterocycles. The van der Waals surface area contributed by atoms with Crippen LogP contribution in [-0.4, -0.2) is 11.1 Å². The van der Waals surface area contributed by atoms with Crippen molar-refractivity contribution in [1.29, 1.82) is 0 Å². The van der Waals surface area contributed by atoms with Crippen molar-refractivity contribution >= 4 is 24.2 Å². The second-order valence-corrected chi connectivity index (χ2v) is 3.63. The maximum atomic E-state index is 5.90. The number of ether oxygens (including phenoxy) is 1. The van der Waals surface area contributed by atoms with Gasteiger partial charge in [0.25, 0.3) is 0 Å². The first-order valence-corrected chi connectivity index (χ1v) is 4.60. The Morgan fingerprint density at radius 2 is 2.33 bits per heavy atom. The molecule has 1 aliphatic carbocycles. The van der Waals surface area contributed by atoms with Crippen LogP contribution in [0.4, 0.5) is 0 Å². The van der Waals surface area contributed by atoms with Gasteiger partial charge in [0.2, 0.25) is 5.88 Å². The molecule has 0 aromatic carbocycles. The number of thiol groups is 1. The molecule has 64 valence electrons. The average Bonchev–Trinajstić information content (AvgIpc) is 2.83. The lowest BCUT2D eigenvalue weighted by Gasteiger charge is -2.05. The van der Waals surface area contributed by atoms with Crippen LogP contribution in [0.1, 0.15) is 12.8 Å². The zero-order valence-electron chi connectivity index (χ0n) is 6.33. The van der Waals surface area contributed by atoms with Gasteiger partial charge in [0, 0.05) is 11.1 Å². The van der Waals surface area contributed by atoms with Gasteiger partial charge in [-0.25, -0.2) is 4.98 Å². The predicted octanol–water partition coefficient (Wildman–Crippen LogP) is 2.56. The van der Waals surface area contributed by atoms with Crippen LogP contribution in [0.15, 0.2) is 17.2 Å². The fourth-order valence-corrected chi connectivity index (χ4v) is 1.16. The largest absolute Gasteiger partial charge is 0.473 e. The van der Waals surface area contributed by atoms with Gasteiger partial charge in [-0.15, -0.1) is 12.6 Å².